The molecule has 0 saturated heterocycles. The maximum atomic E-state index is 11.2. The first-order chi connectivity index (χ1) is 7.89. The number of hydrogen-bond donors (Lipinski definition) is 0. The van der Waals surface area contributed by atoms with Crippen molar-refractivity contribution in [2.75, 3.05) is 6.61 Å². The van der Waals surface area contributed by atoms with Crippen molar-refractivity contribution in [3.8, 4) is 0 Å². The highest BCUT2D eigenvalue weighted by molar-refractivity contribution is 5.69. The Kier molecular flexibility index (Phi) is 4.79. The van der Waals surface area contributed by atoms with Gasteiger partial charge in [0, 0.05) is 6.42 Å². The van der Waals surface area contributed by atoms with Crippen LogP contribution in [0.4, 0.5) is 0 Å². The highest BCUT2D eigenvalue weighted by Gasteiger charge is 2.55. The van der Waals surface area contributed by atoms with Crippen molar-refractivity contribution in [1.29, 1.82) is 0 Å². The van der Waals surface area contributed by atoms with E-state index in [1.165, 1.54) is 5.57 Å². The fourth-order valence-corrected chi connectivity index (χ4v) is 2.73. The zero-order valence-corrected chi connectivity index (χ0v) is 11.9. The van der Waals surface area contributed by atoms with Crippen LogP contribution in [0.2, 0.25) is 0 Å². The molecule has 2 heteroatoms. The maximum absolute atomic E-state index is 11.2. The van der Waals surface area contributed by atoms with E-state index < -0.39 is 0 Å². The highest BCUT2D eigenvalue weighted by Crippen LogP contribution is 2.61. The van der Waals surface area contributed by atoms with Gasteiger partial charge in [-0.25, -0.2) is 0 Å². The summed E-state index contributed by atoms with van der Waals surface area (Å²) >= 11 is 0. The Morgan fingerprint density at radius 2 is 2.00 bits per heavy atom. The molecule has 0 aromatic heterocycles. The molecule has 1 saturated carbocycles. The van der Waals surface area contributed by atoms with E-state index in [0.29, 0.717) is 24.4 Å². The monoisotopic (exact) mass is 238 g/mol. The molecule has 0 heterocycles. The van der Waals surface area contributed by atoms with Gasteiger partial charge in [-0.2, -0.15) is 0 Å². The molecule has 1 fully saturated rings. The molecule has 1 aliphatic carbocycles. The van der Waals surface area contributed by atoms with Crippen molar-refractivity contribution >= 4 is 5.97 Å². The molecule has 0 unspecified atom stereocenters. The van der Waals surface area contributed by atoms with E-state index in [1.54, 1.807) is 0 Å². The summed E-state index contributed by atoms with van der Waals surface area (Å²) in [6, 6.07) is 0. The topological polar surface area (TPSA) is 26.3 Å². The van der Waals surface area contributed by atoms with Crippen LogP contribution in [0.5, 0.6) is 0 Å². The van der Waals surface area contributed by atoms with Crippen molar-refractivity contribution < 1.29 is 9.53 Å². The molecule has 0 spiro atoms. The van der Waals surface area contributed by atoms with Crippen LogP contribution in [0, 0.1) is 17.3 Å². The van der Waals surface area contributed by atoms with Crippen molar-refractivity contribution in [1.82, 2.24) is 0 Å². The van der Waals surface area contributed by atoms with E-state index in [-0.39, 0.29) is 5.97 Å². The van der Waals surface area contributed by atoms with E-state index in [1.807, 2.05) is 6.92 Å². The van der Waals surface area contributed by atoms with Gasteiger partial charge in [-0.3, -0.25) is 4.79 Å². The van der Waals surface area contributed by atoms with Crippen molar-refractivity contribution in [3.63, 3.8) is 0 Å². The quantitative estimate of drug-likeness (QED) is 0.517. The van der Waals surface area contributed by atoms with Gasteiger partial charge < -0.3 is 4.74 Å². The van der Waals surface area contributed by atoms with Crippen LogP contribution in [-0.2, 0) is 9.53 Å². The molecule has 0 amide bonds. The van der Waals surface area contributed by atoms with Crippen LogP contribution in [0.25, 0.3) is 0 Å². The van der Waals surface area contributed by atoms with Gasteiger partial charge in [0.2, 0.25) is 0 Å². The standard InChI is InChI=1S/C15H26O2/c1-6-17-14(16)9-7-8-12-13(10-11(2)3)15(12,4)5/h10,12-13H,6-9H2,1-5H3/t12-,13+/m1/s1. The number of carbonyl (C=O) groups is 1. The minimum absolute atomic E-state index is 0.0512. The Hall–Kier alpha value is -0.790. The van der Waals surface area contributed by atoms with E-state index >= 15 is 0 Å². The molecule has 2 nitrogen and oxygen atoms in total. The Morgan fingerprint density at radius 1 is 1.35 bits per heavy atom. The van der Waals surface area contributed by atoms with Crippen molar-refractivity contribution in [2.45, 2.75) is 53.9 Å². The summed E-state index contributed by atoms with van der Waals surface area (Å²) in [5, 5.41) is 0. The third-order valence-corrected chi connectivity index (χ3v) is 3.85. The molecule has 0 aromatic rings. The van der Waals surface area contributed by atoms with Crippen LogP contribution in [0.15, 0.2) is 11.6 Å². The number of rotatable bonds is 6. The maximum Gasteiger partial charge on any atom is 0.305 e. The van der Waals surface area contributed by atoms with Gasteiger partial charge in [-0.05, 0) is 50.9 Å². The molecule has 0 aliphatic heterocycles. The second-order valence-electron chi connectivity index (χ2n) is 5.89. The molecule has 98 valence electrons. The Balaban J connectivity index is 2.30. The van der Waals surface area contributed by atoms with E-state index in [4.69, 9.17) is 4.74 Å². The van der Waals surface area contributed by atoms with Crippen LogP contribution < -0.4 is 0 Å². The zero-order valence-electron chi connectivity index (χ0n) is 11.9. The number of carbonyl (C=O) groups excluding carboxylic acids is 1. The van der Waals surface area contributed by atoms with E-state index in [9.17, 15) is 4.79 Å². The second-order valence-corrected chi connectivity index (χ2v) is 5.89. The Labute approximate surface area is 105 Å². The number of ether oxygens (including phenoxy) is 1. The summed E-state index contributed by atoms with van der Waals surface area (Å²) in [5.41, 5.74) is 1.82. The first kappa shape index (κ1) is 14.3. The van der Waals surface area contributed by atoms with Gasteiger partial charge in [0.15, 0.2) is 0 Å². The number of hydrogen-bond acceptors (Lipinski definition) is 2. The molecule has 2 atom stereocenters. The molecule has 0 bridgehead atoms. The summed E-state index contributed by atoms with van der Waals surface area (Å²) in [5.74, 6) is 1.39. The predicted molar refractivity (Wildman–Crippen MR) is 70.7 cm³/mol. The largest absolute Gasteiger partial charge is 0.466 e. The van der Waals surface area contributed by atoms with Gasteiger partial charge in [-0.1, -0.05) is 25.5 Å². The number of esters is 1. The summed E-state index contributed by atoms with van der Waals surface area (Å²) < 4.78 is 4.94. The van der Waals surface area contributed by atoms with Crippen LogP contribution in [0.3, 0.4) is 0 Å². The summed E-state index contributed by atoms with van der Waals surface area (Å²) in [4.78, 5) is 11.2. The van der Waals surface area contributed by atoms with Crippen LogP contribution in [0.1, 0.15) is 53.9 Å². The third kappa shape index (κ3) is 3.86. The molecule has 0 N–H and O–H groups in total. The van der Waals surface area contributed by atoms with Crippen LogP contribution >= 0.6 is 0 Å². The molecule has 17 heavy (non-hydrogen) atoms. The minimum atomic E-state index is -0.0512. The first-order valence-electron chi connectivity index (χ1n) is 6.70. The third-order valence-electron chi connectivity index (χ3n) is 3.85. The van der Waals surface area contributed by atoms with Crippen molar-refractivity contribution in [2.24, 2.45) is 17.3 Å². The fourth-order valence-electron chi connectivity index (χ4n) is 2.73. The fraction of sp³-hybridized carbons (Fsp3) is 0.800. The molecule has 1 rings (SSSR count). The summed E-state index contributed by atoms with van der Waals surface area (Å²) in [7, 11) is 0. The van der Waals surface area contributed by atoms with E-state index in [0.717, 1.165) is 18.8 Å². The van der Waals surface area contributed by atoms with Gasteiger partial charge in [0.1, 0.15) is 0 Å². The van der Waals surface area contributed by atoms with Crippen molar-refractivity contribution in [3.05, 3.63) is 11.6 Å². The Morgan fingerprint density at radius 3 is 2.53 bits per heavy atom. The van der Waals surface area contributed by atoms with Gasteiger partial charge >= 0.3 is 5.97 Å². The predicted octanol–water partition coefficient (Wildman–Crippen LogP) is 3.96. The number of allylic oxidation sites excluding steroid dienone is 2. The summed E-state index contributed by atoms with van der Waals surface area (Å²) in [6.07, 6.45) is 5.05. The molecular weight excluding hydrogens is 212 g/mol. The van der Waals surface area contributed by atoms with Gasteiger partial charge in [0.25, 0.3) is 0 Å². The summed E-state index contributed by atoms with van der Waals surface area (Å²) in [6.45, 7) is 11.3. The molecule has 0 radical (unpaired) electrons. The lowest BCUT2D eigenvalue weighted by Gasteiger charge is -2.03. The molecular formula is C15H26O2. The van der Waals surface area contributed by atoms with Gasteiger partial charge in [-0.15, -0.1) is 0 Å². The Bertz CT molecular complexity index is 298. The average Bonchev–Trinajstić information content (AvgIpc) is 2.69. The molecule has 0 aromatic carbocycles. The lowest BCUT2D eigenvalue weighted by atomic mass is 10.1. The zero-order chi connectivity index (χ0) is 13.1. The average molecular weight is 238 g/mol. The first-order valence-corrected chi connectivity index (χ1v) is 6.70. The van der Waals surface area contributed by atoms with Crippen LogP contribution in [-0.4, -0.2) is 12.6 Å². The smallest absolute Gasteiger partial charge is 0.305 e. The SMILES string of the molecule is CCOC(=O)CCC[C@@H]1[C@H](C=C(C)C)C1(C)C. The molecule has 1 aliphatic rings. The minimum Gasteiger partial charge on any atom is -0.466 e. The normalized spacial score (nSPS) is 25.2. The van der Waals surface area contributed by atoms with Gasteiger partial charge in [0.05, 0.1) is 6.61 Å². The lowest BCUT2D eigenvalue weighted by molar-refractivity contribution is -0.143. The van der Waals surface area contributed by atoms with E-state index in [2.05, 4.69) is 33.8 Å². The lowest BCUT2D eigenvalue weighted by Crippen LogP contribution is -2.03. The second kappa shape index (κ2) is 5.70. The highest BCUT2D eigenvalue weighted by atomic mass is 16.5.